The molecule has 1 unspecified atom stereocenters. The van der Waals surface area contributed by atoms with Crippen LogP contribution in [0.4, 0.5) is 0 Å². The highest BCUT2D eigenvalue weighted by Gasteiger charge is 2.16. The fourth-order valence-corrected chi connectivity index (χ4v) is 1.63. The standard InChI is InChI=1S/C11H20/c1-7-10(6)11(8(2)3)9(4)5/h10-11H,2,4,7H2,1,3,5-6H3. The second-order valence-corrected chi connectivity index (χ2v) is 3.56. The normalized spacial score (nSPS) is 13.2. The largest absolute Gasteiger partial charge is 0.0995 e. The number of hydrogen-bond donors (Lipinski definition) is 0. The van der Waals surface area contributed by atoms with Crippen LogP contribution in [-0.4, -0.2) is 0 Å². The third-order valence-corrected chi connectivity index (χ3v) is 2.27. The highest BCUT2D eigenvalue weighted by molar-refractivity contribution is 5.13. The Hall–Kier alpha value is -0.520. The van der Waals surface area contributed by atoms with E-state index in [1.54, 1.807) is 0 Å². The summed E-state index contributed by atoms with van der Waals surface area (Å²) in [6.07, 6.45) is 1.20. The van der Waals surface area contributed by atoms with Gasteiger partial charge in [0.25, 0.3) is 0 Å². The molecule has 0 spiro atoms. The molecule has 0 saturated carbocycles. The fourth-order valence-electron chi connectivity index (χ4n) is 1.63. The highest BCUT2D eigenvalue weighted by atomic mass is 14.2. The molecule has 11 heavy (non-hydrogen) atoms. The van der Waals surface area contributed by atoms with Crippen LogP contribution in [-0.2, 0) is 0 Å². The van der Waals surface area contributed by atoms with E-state index in [-0.39, 0.29) is 0 Å². The lowest BCUT2D eigenvalue weighted by Crippen LogP contribution is -2.12. The minimum atomic E-state index is 0.514. The second-order valence-electron chi connectivity index (χ2n) is 3.56. The SMILES string of the molecule is C=C(C)C(C(=C)C)C(C)CC. The van der Waals surface area contributed by atoms with Crippen LogP contribution in [0.1, 0.15) is 34.1 Å². The average molecular weight is 152 g/mol. The van der Waals surface area contributed by atoms with Crippen molar-refractivity contribution in [3.63, 3.8) is 0 Å². The van der Waals surface area contributed by atoms with Crippen LogP contribution in [0, 0.1) is 11.8 Å². The van der Waals surface area contributed by atoms with E-state index in [9.17, 15) is 0 Å². The first kappa shape index (κ1) is 10.5. The second kappa shape index (κ2) is 4.38. The predicted molar refractivity (Wildman–Crippen MR) is 52.6 cm³/mol. The Morgan fingerprint density at radius 1 is 1.18 bits per heavy atom. The lowest BCUT2D eigenvalue weighted by Gasteiger charge is -2.23. The van der Waals surface area contributed by atoms with E-state index >= 15 is 0 Å². The van der Waals surface area contributed by atoms with Crippen molar-refractivity contribution in [2.45, 2.75) is 34.1 Å². The van der Waals surface area contributed by atoms with Crippen LogP contribution in [0.3, 0.4) is 0 Å². The van der Waals surface area contributed by atoms with Gasteiger partial charge in [-0.15, -0.1) is 0 Å². The minimum absolute atomic E-state index is 0.514. The van der Waals surface area contributed by atoms with Gasteiger partial charge in [-0.2, -0.15) is 0 Å². The highest BCUT2D eigenvalue weighted by Crippen LogP contribution is 2.27. The van der Waals surface area contributed by atoms with E-state index in [4.69, 9.17) is 0 Å². The summed E-state index contributed by atoms with van der Waals surface area (Å²) < 4.78 is 0. The van der Waals surface area contributed by atoms with Crippen LogP contribution in [0.5, 0.6) is 0 Å². The monoisotopic (exact) mass is 152 g/mol. The molecule has 0 heteroatoms. The third-order valence-electron chi connectivity index (χ3n) is 2.27. The summed E-state index contributed by atoms with van der Waals surface area (Å²) in [6, 6.07) is 0. The summed E-state index contributed by atoms with van der Waals surface area (Å²) >= 11 is 0. The zero-order valence-electron chi connectivity index (χ0n) is 8.28. The number of rotatable bonds is 4. The van der Waals surface area contributed by atoms with Gasteiger partial charge in [0, 0.05) is 5.92 Å². The molecule has 0 aliphatic rings. The Morgan fingerprint density at radius 2 is 1.55 bits per heavy atom. The van der Waals surface area contributed by atoms with Gasteiger partial charge in [0.15, 0.2) is 0 Å². The van der Waals surface area contributed by atoms with Gasteiger partial charge in [0.05, 0.1) is 0 Å². The number of hydrogen-bond acceptors (Lipinski definition) is 0. The van der Waals surface area contributed by atoms with Crippen LogP contribution in [0.15, 0.2) is 24.3 Å². The molecule has 0 aliphatic carbocycles. The molecule has 0 aromatic carbocycles. The smallest absolute Gasteiger partial charge is 0.00216 e. The molecule has 0 saturated heterocycles. The number of allylic oxidation sites excluding steroid dienone is 2. The minimum Gasteiger partial charge on any atom is -0.0995 e. The molecule has 0 bridgehead atoms. The molecule has 0 radical (unpaired) electrons. The van der Waals surface area contributed by atoms with Crippen LogP contribution in [0.2, 0.25) is 0 Å². The Morgan fingerprint density at radius 3 is 1.64 bits per heavy atom. The Labute approximate surface area is 71.0 Å². The van der Waals surface area contributed by atoms with E-state index in [0.29, 0.717) is 11.8 Å². The van der Waals surface area contributed by atoms with Crippen molar-refractivity contribution in [2.75, 3.05) is 0 Å². The molecule has 0 fully saturated rings. The molecule has 0 N–H and O–H groups in total. The van der Waals surface area contributed by atoms with Crippen LogP contribution in [0.25, 0.3) is 0 Å². The molecule has 0 aromatic heterocycles. The molecule has 0 amide bonds. The third kappa shape index (κ3) is 2.92. The molecule has 0 aliphatic heterocycles. The summed E-state index contributed by atoms with van der Waals surface area (Å²) in [5, 5.41) is 0. The van der Waals surface area contributed by atoms with Gasteiger partial charge in [-0.3, -0.25) is 0 Å². The van der Waals surface area contributed by atoms with Crippen molar-refractivity contribution in [1.82, 2.24) is 0 Å². The van der Waals surface area contributed by atoms with Gasteiger partial charge >= 0.3 is 0 Å². The zero-order chi connectivity index (χ0) is 9.02. The molecule has 64 valence electrons. The van der Waals surface area contributed by atoms with Crippen LogP contribution < -0.4 is 0 Å². The molecule has 1 atom stereocenters. The van der Waals surface area contributed by atoms with Gasteiger partial charge in [-0.25, -0.2) is 0 Å². The van der Waals surface area contributed by atoms with Crippen molar-refractivity contribution >= 4 is 0 Å². The maximum Gasteiger partial charge on any atom is 0.00216 e. The van der Waals surface area contributed by atoms with E-state index in [0.717, 1.165) is 0 Å². The molecule has 0 heterocycles. The predicted octanol–water partition coefficient (Wildman–Crippen LogP) is 3.80. The fraction of sp³-hybridized carbons (Fsp3) is 0.636. The Kier molecular flexibility index (Phi) is 4.17. The molecular weight excluding hydrogens is 132 g/mol. The van der Waals surface area contributed by atoms with Crippen molar-refractivity contribution < 1.29 is 0 Å². The lowest BCUT2D eigenvalue weighted by atomic mass is 9.82. The summed E-state index contributed by atoms with van der Waals surface area (Å²) in [7, 11) is 0. The first-order chi connectivity index (χ1) is 5.00. The van der Waals surface area contributed by atoms with Gasteiger partial charge in [0.2, 0.25) is 0 Å². The van der Waals surface area contributed by atoms with Crippen molar-refractivity contribution in [1.29, 1.82) is 0 Å². The molecule has 0 aromatic rings. The summed E-state index contributed by atoms with van der Waals surface area (Å²) in [4.78, 5) is 0. The summed E-state index contributed by atoms with van der Waals surface area (Å²) in [5.41, 5.74) is 2.48. The molecular formula is C11H20. The Balaban J connectivity index is 4.34. The average Bonchev–Trinajstić information content (AvgIpc) is 1.85. The Bertz CT molecular complexity index is 139. The first-order valence-corrected chi connectivity index (χ1v) is 4.31. The van der Waals surface area contributed by atoms with Gasteiger partial charge in [0.1, 0.15) is 0 Å². The maximum absolute atomic E-state index is 3.98. The van der Waals surface area contributed by atoms with Crippen molar-refractivity contribution in [3.05, 3.63) is 24.3 Å². The summed E-state index contributed by atoms with van der Waals surface area (Å²) in [5.74, 6) is 1.20. The van der Waals surface area contributed by atoms with Crippen molar-refractivity contribution in [3.8, 4) is 0 Å². The van der Waals surface area contributed by atoms with E-state index in [1.807, 2.05) is 0 Å². The summed E-state index contributed by atoms with van der Waals surface area (Å²) in [6.45, 7) is 16.6. The van der Waals surface area contributed by atoms with Crippen LogP contribution >= 0.6 is 0 Å². The zero-order valence-corrected chi connectivity index (χ0v) is 8.28. The van der Waals surface area contributed by atoms with E-state index in [1.165, 1.54) is 17.6 Å². The maximum atomic E-state index is 3.98. The van der Waals surface area contributed by atoms with E-state index in [2.05, 4.69) is 40.9 Å². The topological polar surface area (TPSA) is 0 Å². The quantitative estimate of drug-likeness (QED) is 0.537. The van der Waals surface area contributed by atoms with Gasteiger partial charge in [-0.1, -0.05) is 44.6 Å². The molecule has 0 rings (SSSR count). The lowest BCUT2D eigenvalue weighted by molar-refractivity contribution is 0.448. The van der Waals surface area contributed by atoms with Crippen molar-refractivity contribution in [2.24, 2.45) is 11.8 Å². The van der Waals surface area contributed by atoms with Gasteiger partial charge in [-0.05, 0) is 19.8 Å². The first-order valence-electron chi connectivity index (χ1n) is 4.31. The molecule has 0 nitrogen and oxygen atoms in total. The van der Waals surface area contributed by atoms with E-state index < -0.39 is 0 Å². The van der Waals surface area contributed by atoms with Gasteiger partial charge < -0.3 is 0 Å².